The average molecular weight is 438 g/mol. The van der Waals surface area contributed by atoms with Crippen LogP contribution in [-0.2, 0) is 11.2 Å². The van der Waals surface area contributed by atoms with E-state index in [2.05, 4.69) is 24.4 Å². The number of benzene rings is 3. The molecule has 0 saturated carbocycles. The third-order valence-electron chi connectivity index (χ3n) is 5.12. The minimum Gasteiger partial charge on any atom is -0.462 e. The minimum atomic E-state index is -0.608. The molecule has 2 N–H and O–H groups in total. The van der Waals surface area contributed by atoms with Crippen molar-refractivity contribution in [2.75, 3.05) is 13.2 Å². The van der Waals surface area contributed by atoms with Crippen molar-refractivity contribution in [3.63, 3.8) is 0 Å². The second kappa shape index (κ2) is 11.1. The van der Waals surface area contributed by atoms with Gasteiger partial charge in [-0.2, -0.15) is 0 Å². The van der Waals surface area contributed by atoms with Crippen LogP contribution in [0, 0.1) is 0 Å². The van der Waals surface area contributed by atoms with E-state index in [0.717, 1.165) is 23.1 Å². The van der Waals surface area contributed by atoms with Crippen LogP contribution < -0.4 is 5.32 Å². The monoisotopic (exact) mass is 437 g/mol. The first-order valence-electron chi connectivity index (χ1n) is 10.5. The van der Waals surface area contributed by atoms with Crippen molar-refractivity contribution >= 4 is 17.6 Å². The Bertz CT molecular complexity index is 1000. The SMILES string of the molecule is CCOC(=O)c1ccccc1-c1ccc(CC(C)NCC(O)c2cccc(Cl)c2)cc1. The van der Waals surface area contributed by atoms with E-state index in [-0.39, 0.29) is 12.0 Å². The van der Waals surface area contributed by atoms with Crippen LogP contribution in [-0.4, -0.2) is 30.3 Å². The Hall–Kier alpha value is -2.66. The summed E-state index contributed by atoms with van der Waals surface area (Å²) in [6, 6.07) is 23.2. The lowest BCUT2D eigenvalue weighted by Gasteiger charge is -2.18. The number of halogens is 1. The number of esters is 1. The molecule has 0 saturated heterocycles. The zero-order valence-electron chi connectivity index (χ0n) is 17.8. The maximum atomic E-state index is 12.2. The molecule has 0 heterocycles. The lowest BCUT2D eigenvalue weighted by atomic mass is 9.97. The largest absolute Gasteiger partial charge is 0.462 e. The number of carbonyl (C=O) groups is 1. The predicted octanol–water partition coefficient (Wildman–Crippen LogP) is 5.44. The molecule has 0 aromatic heterocycles. The van der Waals surface area contributed by atoms with Gasteiger partial charge in [0.1, 0.15) is 0 Å². The van der Waals surface area contributed by atoms with E-state index in [4.69, 9.17) is 16.3 Å². The quantitative estimate of drug-likeness (QED) is 0.438. The summed E-state index contributed by atoms with van der Waals surface area (Å²) in [5.74, 6) is -0.307. The molecule has 0 aliphatic rings. The van der Waals surface area contributed by atoms with Crippen molar-refractivity contribution in [2.24, 2.45) is 0 Å². The highest BCUT2D eigenvalue weighted by atomic mass is 35.5. The van der Waals surface area contributed by atoms with Gasteiger partial charge in [0.05, 0.1) is 18.3 Å². The average Bonchev–Trinajstić information content (AvgIpc) is 2.78. The van der Waals surface area contributed by atoms with Gasteiger partial charge in [0.25, 0.3) is 0 Å². The third-order valence-corrected chi connectivity index (χ3v) is 5.36. The number of nitrogens with one attached hydrogen (secondary N) is 1. The van der Waals surface area contributed by atoms with Crippen LogP contribution in [0.15, 0.2) is 72.8 Å². The van der Waals surface area contributed by atoms with Crippen LogP contribution >= 0.6 is 11.6 Å². The molecule has 4 nitrogen and oxygen atoms in total. The van der Waals surface area contributed by atoms with Gasteiger partial charge in [-0.3, -0.25) is 0 Å². The second-order valence-corrected chi connectivity index (χ2v) is 7.98. The highest BCUT2D eigenvalue weighted by Crippen LogP contribution is 2.25. The zero-order chi connectivity index (χ0) is 22.2. The molecule has 162 valence electrons. The number of aliphatic hydroxyl groups excluding tert-OH is 1. The van der Waals surface area contributed by atoms with Crippen molar-refractivity contribution in [1.82, 2.24) is 5.32 Å². The van der Waals surface area contributed by atoms with Crippen LogP contribution in [0.4, 0.5) is 0 Å². The van der Waals surface area contributed by atoms with E-state index >= 15 is 0 Å². The van der Waals surface area contributed by atoms with Gasteiger partial charge >= 0.3 is 5.97 Å². The molecule has 3 aromatic carbocycles. The van der Waals surface area contributed by atoms with E-state index in [9.17, 15) is 9.90 Å². The molecule has 2 unspecified atom stereocenters. The van der Waals surface area contributed by atoms with Gasteiger partial charge in [0.15, 0.2) is 0 Å². The van der Waals surface area contributed by atoms with Crippen molar-refractivity contribution < 1.29 is 14.6 Å². The van der Waals surface area contributed by atoms with Crippen LogP contribution in [0.1, 0.15) is 41.4 Å². The summed E-state index contributed by atoms with van der Waals surface area (Å²) < 4.78 is 5.18. The van der Waals surface area contributed by atoms with Crippen LogP contribution in [0.25, 0.3) is 11.1 Å². The first kappa shape index (κ1) is 23.0. The number of rotatable bonds is 9. The van der Waals surface area contributed by atoms with Crippen molar-refractivity contribution in [3.8, 4) is 11.1 Å². The Morgan fingerprint density at radius 2 is 1.81 bits per heavy atom. The summed E-state index contributed by atoms with van der Waals surface area (Å²) in [6.45, 7) is 4.70. The molecule has 3 rings (SSSR count). The summed E-state index contributed by atoms with van der Waals surface area (Å²) in [6.07, 6.45) is 0.213. The Morgan fingerprint density at radius 1 is 1.06 bits per heavy atom. The molecule has 0 radical (unpaired) electrons. The smallest absolute Gasteiger partial charge is 0.338 e. The number of aliphatic hydroxyl groups is 1. The van der Waals surface area contributed by atoms with Gasteiger partial charge in [-0.05, 0) is 60.7 Å². The summed E-state index contributed by atoms with van der Waals surface area (Å²) in [5.41, 5.74) is 4.39. The number of carbonyl (C=O) groups excluding carboxylic acids is 1. The molecule has 0 aliphatic carbocycles. The Morgan fingerprint density at radius 3 is 2.52 bits per heavy atom. The molecule has 2 atom stereocenters. The van der Waals surface area contributed by atoms with Gasteiger partial charge in [0.2, 0.25) is 0 Å². The molecule has 31 heavy (non-hydrogen) atoms. The lowest BCUT2D eigenvalue weighted by molar-refractivity contribution is 0.0527. The first-order valence-corrected chi connectivity index (χ1v) is 10.9. The third kappa shape index (κ3) is 6.41. The summed E-state index contributed by atoms with van der Waals surface area (Å²) in [5, 5.41) is 14.4. The first-order chi connectivity index (χ1) is 15.0. The number of hydrogen-bond donors (Lipinski definition) is 2. The van der Waals surface area contributed by atoms with Gasteiger partial charge in [-0.25, -0.2) is 4.79 Å². The van der Waals surface area contributed by atoms with E-state index in [1.807, 2.05) is 42.5 Å². The van der Waals surface area contributed by atoms with Gasteiger partial charge < -0.3 is 15.2 Å². The standard InChI is InChI=1S/C26H28ClNO3/c1-3-31-26(30)24-10-5-4-9-23(24)20-13-11-19(12-14-20)15-18(2)28-17-25(29)21-7-6-8-22(27)16-21/h4-14,16,18,25,28-29H,3,15,17H2,1-2H3. The number of hydrogen-bond acceptors (Lipinski definition) is 4. The molecule has 0 bridgehead atoms. The van der Waals surface area contributed by atoms with Gasteiger partial charge in [-0.1, -0.05) is 66.2 Å². The van der Waals surface area contributed by atoms with Gasteiger partial charge in [-0.15, -0.1) is 0 Å². The Kier molecular flexibility index (Phi) is 8.24. The van der Waals surface area contributed by atoms with Crippen molar-refractivity contribution in [3.05, 3.63) is 94.5 Å². The highest BCUT2D eigenvalue weighted by molar-refractivity contribution is 6.30. The fraction of sp³-hybridized carbons (Fsp3) is 0.269. The summed E-state index contributed by atoms with van der Waals surface area (Å²) in [4.78, 5) is 12.2. The van der Waals surface area contributed by atoms with E-state index in [1.54, 1.807) is 25.1 Å². The fourth-order valence-electron chi connectivity index (χ4n) is 3.51. The molecule has 0 fully saturated rings. The van der Waals surface area contributed by atoms with Gasteiger partial charge in [0, 0.05) is 17.6 Å². The maximum Gasteiger partial charge on any atom is 0.338 e. The second-order valence-electron chi connectivity index (χ2n) is 7.55. The molecule has 5 heteroatoms. The Balaban J connectivity index is 1.60. The molecular formula is C26H28ClNO3. The number of ether oxygens (including phenoxy) is 1. The maximum absolute atomic E-state index is 12.2. The lowest BCUT2D eigenvalue weighted by Crippen LogP contribution is -2.32. The molecule has 0 spiro atoms. The normalized spacial score (nSPS) is 12.9. The molecule has 3 aromatic rings. The molecular weight excluding hydrogens is 410 g/mol. The fourth-order valence-corrected chi connectivity index (χ4v) is 3.71. The summed E-state index contributed by atoms with van der Waals surface area (Å²) >= 11 is 6.00. The van der Waals surface area contributed by atoms with E-state index < -0.39 is 6.10 Å². The summed E-state index contributed by atoms with van der Waals surface area (Å²) in [7, 11) is 0. The van der Waals surface area contributed by atoms with E-state index in [0.29, 0.717) is 23.7 Å². The minimum absolute atomic E-state index is 0.187. The van der Waals surface area contributed by atoms with Crippen molar-refractivity contribution in [1.29, 1.82) is 0 Å². The topological polar surface area (TPSA) is 58.6 Å². The predicted molar refractivity (Wildman–Crippen MR) is 125 cm³/mol. The molecule has 0 amide bonds. The van der Waals surface area contributed by atoms with Crippen molar-refractivity contribution in [2.45, 2.75) is 32.4 Å². The van der Waals surface area contributed by atoms with E-state index in [1.165, 1.54) is 5.56 Å². The van der Waals surface area contributed by atoms with Crippen LogP contribution in [0.3, 0.4) is 0 Å². The Labute approximate surface area is 188 Å². The van der Waals surface area contributed by atoms with Crippen LogP contribution in [0.5, 0.6) is 0 Å². The highest BCUT2D eigenvalue weighted by Gasteiger charge is 2.14. The molecule has 0 aliphatic heterocycles. The zero-order valence-corrected chi connectivity index (χ0v) is 18.6. The van der Waals surface area contributed by atoms with Crippen LogP contribution in [0.2, 0.25) is 5.02 Å².